The van der Waals surface area contributed by atoms with E-state index >= 15 is 0 Å². The van der Waals surface area contributed by atoms with Crippen molar-refractivity contribution in [1.29, 1.82) is 0 Å². The fourth-order valence-corrected chi connectivity index (χ4v) is 3.52. The van der Waals surface area contributed by atoms with Crippen LogP contribution in [0.2, 0.25) is 0 Å². The molecule has 1 fully saturated rings. The number of amides is 3. The number of hydrogen-bond donors (Lipinski definition) is 2. The summed E-state index contributed by atoms with van der Waals surface area (Å²) in [6.45, 7) is 15.4. The molecule has 0 unspecified atom stereocenters. The van der Waals surface area contributed by atoms with Crippen molar-refractivity contribution in [1.82, 2.24) is 9.80 Å². The molecule has 0 aromatic carbocycles. The molecule has 1 N–H and O–H groups in total. The number of hydrogen-bond acceptors (Lipinski definition) is 8. The highest BCUT2D eigenvalue weighted by molar-refractivity contribution is 7.80. The minimum absolute atomic E-state index is 0.00823. The predicted molar refractivity (Wildman–Crippen MR) is 137 cm³/mol. The van der Waals surface area contributed by atoms with Crippen LogP contribution in [0.25, 0.3) is 0 Å². The van der Waals surface area contributed by atoms with Crippen LogP contribution >= 0.6 is 12.6 Å². The van der Waals surface area contributed by atoms with Gasteiger partial charge < -0.3 is 19.3 Å². The fraction of sp³-hybridized carbons (Fsp3) is 0.833. The molecule has 0 radical (unpaired) electrons. The Morgan fingerprint density at radius 3 is 1.71 bits per heavy atom. The molecule has 0 aromatic heterocycles. The zero-order valence-electron chi connectivity index (χ0n) is 22.6. The van der Waals surface area contributed by atoms with Crippen LogP contribution in [0.3, 0.4) is 0 Å². The molecular formula is C24H43N3O7S. The second kappa shape index (κ2) is 12.3. The Bertz CT molecular complexity index is 773. The van der Waals surface area contributed by atoms with Crippen LogP contribution in [0.5, 0.6) is 0 Å². The zero-order valence-corrected chi connectivity index (χ0v) is 23.5. The SMILES string of the molecule is CC(C)(C)OC(=O)/N=C(\N(CCS)C(=O)OC(C)(C)C)N(C(=O)OC(C)(C)C)C1CCC(O)CC1. The number of carbonyl (C=O) groups is 3. The zero-order chi connectivity index (χ0) is 27.2. The number of ether oxygens (including phenoxy) is 3. The highest BCUT2D eigenvalue weighted by atomic mass is 32.1. The lowest BCUT2D eigenvalue weighted by molar-refractivity contribution is 0.0159. The second-order valence-electron chi connectivity index (χ2n) is 11.6. The normalized spacial score (nSPS) is 19.6. The van der Waals surface area contributed by atoms with E-state index < -0.39 is 47.2 Å². The van der Waals surface area contributed by atoms with Gasteiger partial charge in [-0.25, -0.2) is 24.2 Å². The van der Waals surface area contributed by atoms with E-state index in [4.69, 9.17) is 14.2 Å². The molecule has 0 atom stereocenters. The van der Waals surface area contributed by atoms with Gasteiger partial charge in [-0.3, -0.25) is 0 Å². The van der Waals surface area contributed by atoms with E-state index in [0.29, 0.717) is 25.7 Å². The molecule has 10 nitrogen and oxygen atoms in total. The Labute approximate surface area is 214 Å². The molecule has 0 aliphatic heterocycles. The number of nitrogens with zero attached hydrogens (tertiary/aromatic N) is 3. The van der Waals surface area contributed by atoms with Gasteiger partial charge in [0.1, 0.15) is 16.8 Å². The van der Waals surface area contributed by atoms with Crippen molar-refractivity contribution in [3.05, 3.63) is 0 Å². The van der Waals surface area contributed by atoms with Crippen LogP contribution in [0.15, 0.2) is 4.99 Å². The lowest BCUT2D eigenvalue weighted by Crippen LogP contribution is -2.57. The average Bonchev–Trinajstić information content (AvgIpc) is 2.62. The number of rotatable bonds is 3. The van der Waals surface area contributed by atoms with Gasteiger partial charge in [0.15, 0.2) is 0 Å². The van der Waals surface area contributed by atoms with Crippen LogP contribution < -0.4 is 0 Å². The summed E-state index contributed by atoms with van der Waals surface area (Å²) in [5.41, 5.74) is -2.53. The van der Waals surface area contributed by atoms with Crippen molar-refractivity contribution in [2.24, 2.45) is 4.99 Å². The maximum absolute atomic E-state index is 13.5. The molecule has 0 aromatic rings. The molecular weight excluding hydrogens is 474 g/mol. The van der Waals surface area contributed by atoms with Crippen molar-refractivity contribution >= 4 is 36.9 Å². The maximum Gasteiger partial charge on any atom is 0.437 e. The van der Waals surface area contributed by atoms with Crippen molar-refractivity contribution < 1.29 is 33.7 Å². The monoisotopic (exact) mass is 517 g/mol. The van der Waals surface area contributed by atoms with E-state index in [2.05, 4.69) is 17.6 Å². The lowest BCUT2D eigenvalue weighted by atomic mass is 9.92. The van der Waals surface area contributed by atoms with Crippen molar-refractivity contribution in [3.8, 4) is 0 Å². The summed E-state index contributed by atoms with van der Waals surface area (Å²) in [5, 5.41) is 10.0. The van der Waals surface area contributed by atoms with E-state index in [9.17, 15) is 19.5 Å². The molecule has 202 valence electrons. The number of aliphatic hydroxyl groups excluding tert-OH is 1. The minimum atomic E-state index is -0.968. The third kappa shape index (κ3) is 11.5. The minimum Gasteiger partial charge on any atom is -0.443 e. The number of guanidine groups is 1. The summed E-state index contributed by atoms with van der Waals surface area (Å²) in [7, 11) is 0. The van der Waals surface area contributed by atoms with Gasteiger partial charge in [-0.1, -0.05) is 0 Å². The predicted octanol–water partition coefficient (Wildman–Crippen LogP) is 4.99. The van der Waals surface area contributed by atoms with Crippen molar-refractivity contribution in [3.63, 3.8) is 0 Å². The van der Waals surface area contributed by atoms with Gasteiger partial charge in [-0.2, -0.15) is 12.6 Å². The number of aliphatic imine (C=N–C) groups is 1. The molecule has 0 saturated heterocycles. The molecule has 3 amide bonds. The summed E-state index contributed by atoms with van der Waals surface area (Å²) >= 11 is 4.26. The Kier molecular flexibility index (Phi) is 10.9. The Hall–Kier alpha value is -2.01. The maximum atomic E-state index is 13.5. The standard InChI is InChI=1S/C24H43N3O7S/c1-22(2,3)32-19(29)25-18(26(14-15-35)20(30)33-23(4,5)6)27(21(31)34-24(7,8)9)16-10-12-17(28)13-11-16/h16-17,28,35H,10-15H2,1-9H3/b25-18+. The lowest BCUT2D eigenvalue weighted by Gasteiger charge is -2.39. The van der Waals surface area contributed by atoms with Crippen molar-refractivity contribution in [2.45, 2.75) is 117 Å². The van der Waals surface area contributed by atoms with Crippen LogP contribution in [0.1, 0.15) is 88.0 Å². The highest BCUT2D eigenvalue weighted by Gasteiger charge is 2.40. The van der Waals surface area contributed by atoms with Gasteiger partial charge in [0.05, 0.1) is 6.10 Å². The summed E-state index contributed by atoms with van der Waals surface area (Å²) < 4.78 is 16.6. The van der Waals surface area contributed by atoms with E-state index in [1.165, 1.54) is 4.90 Å². The quantitative estimate of drug-likeness (QED) is 0.234. The van der Waals surface area contributed by atoms with Gasteiger partial charge in [0.2, 0.25) is 5.96 Å². The highest BCUT2D eigenvalue weighted by Crippen LogP contribution is 2.27. The molecule has 1 aliphatic carbocycles. The third-order valence-electron chi connectivity index (χ3n) is 4.60. The largest absolute Gasteiger partial charge is 0.443 e. The van der Waals surface area contributed by atoms with Crippen LogP contribution in [0, 0.1) is 0 Å². The van der Waals surface area contributed by atoms with Crippen molar-refractivity contribution in [2.75, 3.05) is 12.3 Å². The van der Waals surface area contributed by atoms with E-state index in [-0.39, 0.29) is 18.3 Å². The first-order chi connectivity index (χ1) is 15.8. The van der Waals surface area contributed by atoms with Gasteiger partial charge in [-0.05, 0) is 88.0 Å². The summed E-state index contributed by atoms with van der Waals surface area (Å²) in [6, 6.07) is -0.473. The molecule has 0 bridgehead atoms. The fourth-order valence-electron chi connectivity index (χ4n) is 3.32. The topological polar surface area (TPSA) is 118 Å². The van der Waals surface area contributed by atoms with Crippen LogP contribution in [0.4, 0.5) is 14.4 Å². The summed E-state index contributed by atoms with van der Waals surface area (Å²) in [4.78, 5) is 45.9. The van der Waals surface area contributed by atoms with Gasteiger partial charge >= 0.3 is 18.3 Å². The first kappa shape index (κ1) is 31.0. The molecule has 11 heteroatoms. The Morgan fingerprint density at radius 2 is 1.29 bits per heavy atom. The Morgan fingerprint density at radius 1 is 0.829 bits per heavy atom. The second-order valence-corrected chi connectivity index (χ2v) is 12.0. The number of thiol groups is 1. The van der Waals surface area contributed by atoms with Gasteiger partial charge in [0, 0.05) is 18.3 Å². The van der Waals surface area contributed by atoms with Gasteiger partial charge in [0.25, 0.3) is 0 Å². The molecule has 35 heavy (non-hydrogen) atoms. The van der Waals surface area contributed by atoms with E-state index in [1.54, 1.807) is 62.3 Å². The van der Waals surface area contributed by atoms with Crippen LogP contribution in [-0.4, -0.2) is 80.4 Å². The Balaban J connectivity index is 3.65. The van der Waals surface area contributed by atoms with Gasteiger partial charge in [-0.15, -0.1) is 4.99 Å². The van der Waals surface area contributed by atoms with E-state index in [0.717, 1.165) is 4.90 Å². The molecule has 0 spiro atoms. The van der Waals surface area contributed by atoms with E-state index in [1.807, 2.05) is 0 Å². The number of carbonyl (C=O) groups excluding carboxylic acids is 3. The summed E-state index contributed by atoms with van der Waals surface area (Å²) in [6.07, 6.45) is -1.27. The molecule has 1 rings (SSSR count). The first-order valence-electron chi connectivity index (χ1n) is 12.0. The van der Waals surface area contributed by atoms with Crippen LogP contribution in [-0.2, 0) is 14.2 Å². The molecule has 1 saturated carbocycles. The molecule has 1 aliphatic rings. The average molecular weight is 518 g/mol. The summed E-state index contributed by atoms with van der Waals surface area (Å²) in [5.74, 6) is -0.0452. The smallest absolute Gasteiger partial charge is 0.437 e. The molecule has 0 heterocycles. The third-order valence-corrected chi connectivity index (χ3v) is 4.80. The first-order valence-corrected chi connectivity index (χ1v) is 12.6. The number of aliphatic hydroxyl groups is 1.